The summed E-state index contributed by atoms with van der Waals surface area (Å²) in [6.07, 6.45) is -9.68. The number of halogens is 5. The summed E-state index contributed by atoms with van der Waals surface area (Å²) < 4.78 is 81.1. The molecule has 7 nitrogen and oxygen atoms in total. The number of nitrogens with two attached hydrogens (primary N) is 1. The number of aromatic amines is 1. The van der Waals surface area contributed by atoms with Crippen LogP contribution in [0.2, 0.25) is 0 Å². The molecule has 2 aromatic rings. The van der Waals surface area contributed by atoms with E-state index >= 15 is 0 Å². The van der Waals surface area contributed by atoms with Crippen LogP contribution in [-0.2, 0) is 15.7 Å². The molecule has 1 aromatic carbocycles. The van der Waals surface area contributed by atoms with Crippen LogP contribution in [-0.4, -0.2) is 49.3 Å². The van der Waals surface area contributed by atoms with Crippen LogP contribution in [0.4, 0.5) is 22.0 Å². The molecular weight excluding hydrogens is 431 g/mol. The van der Waals surface area contributed by atoms with Crippen LogP contribution in [0.5, 0.6) is 5.75 Å². The van der Waals surface area contributed by atoms with Crippen LogP contribution in [0.1, 0.15) is 16.1 Å². The minimum atomic E-state index is -4.89. The van der Waals surface area contributed by atoms with Gasteiger partial charge < -0.3 is 24.9 Å². The zero-order valence-corrected chi connectivity index (χ0v) is 15.7. The molecule has 2 heterocycles. The number of benzene rings is 1. The van der Waals surface area contributed by atoms with Crippen LogP contribution >= 0.6 is 0 Å². The van der Waals surface area contributed by atoms with Gasteiger partial charge >= 0.3 is 6.18 Å². The first kappa shape index (κ1) is 22.7. The van der Waals surface area contributed by atoms with Crippen molar-refractivity contribution in [3.63, 3.8) is 0 Å². The number of amides is 1. The fourth-order valence-corrected chi connectivity index (χ4v) is 2.95. The topological polar surface area (TPSA) is 104 Å². The fraction of sp³-hybridized carbons (Fsp3) is 0.368. The number of carbonyl (C=O) groups is 1. The number of nitrogens with one attached hydrogen (secondary N) is 1. The quantitative estimate of drug-likeness (QED) is 0.662. The second-order valence-electron chi connectivity index (χ2n) is 6.67. The Bertz CT molecular complexity index is 991. The summed E-state index contributed by atoms with van der Waals surface area (Å²) in [7, 11) is 0. The van der Waals surface area contributed by atoms with Gasteiger partial charge in [0.2, 0.25) is 0 Å². The zero-order valence-electron chi connectivity index (χ0n) is 15.7. The Morgan fingerprint density at radius 2 is 1.90 bits per heavy atom. The van der Waals surface area contributed by atoms with E-state index in [0.29, 0.717) is 0 Å². The summed E-state index contributed by atoms with van der Waals surface area (Å²) in [5, 5.41) is 0. The van der Waals surface area contributed by atoms with E-state index in [1.165, 1.54) is 24.3 Å². The van der Waals surface area contributed by atoms with Gasteiger partial charge in [-0.25, -0.2) is 8.78 Å². The lowest BCUT2D eigenvalue weighted by Gasteiger charge is -2.29. The highest BCUT2D eigenvalue weighted by Gasteiger charge is 2.36. The van der Waals surface area contributed by atoms with Gasteiger partial charge in [0.15, 0.2) is 0 Å². The SMILES string of the molecule is NC(=O)c1cc(-c2ccc(OCC3COC[C@H](C(F)F)O3)cc2)c(C(F)(F)F)[nH]c1=O. The van der Waals surface area contributed by atoms with Crippen LogP contribution in [0, 0.1) is 0 Å². The maximum absolute atomic E-state index is 13.4. The third-order valence-electron chi connectivity index (χ3n) is 4.43. The van der Waals surface area contributed by atoms with E-state index in [-0.39, 0.29) is 31.1 Å². The first-order valence-corrected chi connectivity index (χ1v) is 8.95. The average Bonchev–Trinajstić information content (AvgIpc) is 2.72. The Balaban J connectivity index is 1.79. The summed E-state index contributed by atoms with van der Waals surface area (Å²) in [5.74, 6) is -0.937. The summed E-state index contributed by atoms with van der Waals surface area (Å²) >= 11 is 0. The number of hydrogen-bond acceptors (Lipinski definition) is 5. The Hall–Kier alpha value is -2.99. The van der Waals surface area contributed by atoms with Gasteiger partial charge in [-0.15, -0.1) is 0 Å². The molecule has 168 valence electrons. The van der Waals surface area contributed by atoms with E-state index < -0.39 is 53.1 Å². The Labute approximate surface area is 171 Å². The number of aromatic nitrogens is 1. The van der Waals surface area contributed by atoms with Crippen molar-refractivity contribution in [2.45, 2.75) is 24.8 Å². The monoisotopic (exact) mass is 448 g/mol. The molecule has 1 aliphatic rings. The molecule has 0 aliphatic carbocycles. The van der Waals surface area contributed by atoms with Gasteiger partial charge in [-0.2, -0.15) is 13.2 Å². The molecule has 31 heavy (non-hydrogen) atoms. The van der Waals surface area contributed by atoms with Crippen LogP contribution < -0.4 is 16.0 Å². The second-order valence-corrected chi connectivity index (χ2v) is 6.67. The standard InChI is InChI=1S/C19H17F5N2O5/c20-16(21)14-8-29-6-11(31-14)7-30-10-3-1-9(2-4-10)12-5-13(17(25)27)18(28)26-15(12)19(22,23)24/h1-5,11,14,16H,6-8H2,(H2,25,27)(H,26,28)/t11?,14-/m1/s1. The third-order valence-corrected chi connectivity index (χ3v) is 4.43. The van der Waals surface area contributed by atoms with Crippen molar-refractivity contribution in [2.24, 2.45) is 5.73 Å². The molecule has 1 saturated heterocycles. The Morgan fingerprint density at radius 1 is 1.23 bits per heavy atom. The van der Waals surface area contributed by atoms with Gasteiger partial charge in [-0.3, -0.25) is 9.59 Å². The molecule has 1 aromatic heterocycles. The molecule has 3 N–H and O–H groups in total. The van der Waals surface area contributed by atoms with Crippen molar-refractivity contribution < 1.29 is 41.0 Å². The molecule has 1 aliphatic heterocycles. The molecule has 0 saturated carbocycles. The van der Waals surface area contributed by atoms with E-state index in [1.54, 1.807) is 4.98 Å². The number of ether oxygens (including phenoxy) is 3. The van der Waals surface area contributed by atoms with Gasteiger partial charge in [0.1, 0.15) is 35.8 Å². The lowest BCUT2D eigenvalue weighted by atomic mass is 10.0. The second kappa shape index (κ2) is 9.02. The average molecular weight is 448 g/mol. The fourth-order valence-electron chi connectivity index (χ4n) is 2.95. The van der Waals surface area contributed by atoms with Crippen LogP contribution in [0.15, 0.2) is 35.1 Å². The maximum atomic E-state index is 13.4. The van der Waals surface area contributed by atoms with Crippen molar-refractivity contribution in [1.82, 2.24) is 4.98 Å². The number of carbonyl (C=O) groups excluding carboxylic acids is 1. The molecule has 1 amide bonds. The van der Waals surface area contributed by atoms with Crippen molar-refractivity contribution in [3.05, 3.63) is 51.9 Å². The van der Waals surface area contributed by atoms with Crippen molar-refractivity contribution in [1.29, 1.82) is 0 Å². The number of hydrogen-bond donors (Lipinski definition) is 2. The summed E-state index contributed by atoms with van der Waals surface area (Å²) in [5.41, 5.74) is 1.44. The van der Waals surface area contributed by atoms with Gasteiger partial charge in [0.25, 0.3) is 17.9 Å². The van der Waals surface area contributed by atoms with Crippen molar-refractivity contribution in [3.8, 4) is 16.9 Å². The number of rotatable bonds is 6. The van der Waals surface area contributed by atoms with E-state index in [0.717, 1.165) is 6.07 Å². The van der Waals surface area contributed by atoms with E-state index in [1.807, 2.05) is 0 Å². The number of primary amides is 1. The van der Waals surface area contributed by atoms with E-state index in [4.69, 9.17) is 19.9 Å². The number of H-pyrrole nitrogens is 1. The number of alkyl halides is 5. The first-order valence-electron chi connectivity index (χ1n) is 8.95. The summed E-state index contributed by atoms with van der Waals surface area (Å²) in [6, 6.07) is 6.03. The van der Waals surface area contributed by atoms with Gasteiger partial charge in [-0.1, -0.05) is 12.1 Å². The molecule has 12 heteroatoms. The minimum absolute atomic E-state index is 0.0356. The molecule has 0 spiro atoms. The third kappa shape index (κ3) is 5.39. The van der Waals surface area contributed by atoms with Gasteiger partial charge in [-0.05, 0) is 23.8 Å². The number of pyridine rings is 1. The largest absolute Gasteiger partial charge is 0.491 e. The highest BCUT2D eigenvalue weighted by atomic mass is 19.4. The molecule has 1 fully saturated rings. The lowest BCUT2D eigenvalue weighted by molar-refractivity contribution is -0.187. The van der Waals surface area contributed by atoms with E-state index in [2.05, 4.69) is 0 Å². The molecule has 0 radical (unpaired) electrons. The Kier molecular flexibility index (Phi) is 6.60. The van der Waals surface area contributed by atoms with Gasteiger partial charge in [0.05, 0.1) is 13.2 Å². The Morgan fingerprint density at radius 3 is 2.48 bits per heavy atom. The van der Waals surface area contributed by atoms with Crippen molar-refractivity contribution >= 4 is 5.91 Å². The highest BCUT2D eigenvalue weighted by Crippen LogP contribution is 2.35. The lowest BCUT2D eigenvalue weighted by Crippen LogP contribution is -2.42. The van der Waals surface area contributed by atoms with Crippen LogP contribution in [0.25, 0.3) is 11.1 Å². The molecular formula is C19H17F5N2O5. The normalized spacial score (nSPS) is 19.4. The van der Waals surface area contributed by atoms with Gasteiger partial charge in [0, 0.05) is 5.56 Å². The smallest absolute Gasteiger partial charge is 0.431 e. The summed E-state index contributed by atoms with van der Waals surface area (Å²) in [4.78, 5) is 24.7. The molecule has 1 unspecified atom stereocenters. The molecule has 0 bridgehead atoms. The first-order chi connectivity index (χ1) is 14.6. The van der Waals surface area contributed by atoms with Crippen molar-refractivity contribution in [2.75, 3.05) is 19.8 Å². The predicted octanol–water partition coefficient (Wildman–Crippen LogP) is 2.59. The van der Waals surface area contributed by atoms with Crippen LogP contribution in [0.3, 0.4) is 0 Å². The minimum Gasteiger partial charge on any atom is -0.491 e. The summed E-state index contributed by atoms with van der Waals surface area (Å²) in [6.45, 7) is -0.277. The van der Waals surface area contributed by atoms with E-state index in [9.17, 15) is 31.5 Å². The molecule has 2 atom stereocenters. The predicted molar refractivity (Wildman–Crippen MR) is 97.0 cm³/mol. The molecule has 3 rings (SSSR count). The maximum Gasteiger partial charge on any atom is 0.431 e. The highest BCUT2D eigenvalue weighted by molar-refractivity contribution is 5.93. The zero-order chi connectivity index (χ0) is 22.8.